The van der Waals surface area contributed by atoms with Crippen molar-refractivity contribution in [2.45, 2.75) is 12.8 Å². The zero-order chi connectivity index (χ0) is 36.7. The molecule has 0 radical (unpaired) electrons. The van der Waals surface area contributed by atoms with Crippen molar-refractivity contribution in [3.05, 3.63) is 205 Å². The predicted molar refractivity (Wildman–Crippen MR) is 240 cm³/mol. The molecule has 0 heterocycles. The molecule has 10 aromatic rings. The second kappa shape index (κ2) is 12.2. The van der Waals surface area contributed by atoms with Gasteiger partial charge in [0, 0.05) is 0 Å². The van der Waals surface area contributed by atoms with Gasteiger partial charge in [-0.1, -0.05) is 188 Å². The third-order valence-electron chi connectivity index (χ3n) is 12.5. The van der Waals surface area contributed by atoms with Gasteiger partial charge in [-0.3, -0.25) is 0 Å². The molecule has 0 amide bonds. The Kier molecular flexibility index (Phi) is 6.86. The van der Waals surface area contributed by atoms with Crippen LogP contribution in [0.15, 0.2) is 188 Å². The van der Waals surface area contributed by atoms with Gasteiger partial charge < -0.3 is 0 Å². The van der Waals surface area contributed by atoms with Crippen LogP contribution in [0.2, 0.25) is 0 Å². The second-order valence-corrected chi connectivity index (χ2v) is 15.5. The molecule has 56 heavy (non-hydrogen) atoms. The Balaban J connectivity index is 0.863. The van der Waals surface area contributed by atoms with Crippen LogP contribution < -0.4 is 0 Å². The van der Waals surface area contributed by atoms with Crippen LogP contribution in [0.5, 0.6) is 0 Å². The first-order valence-electron chi connectivity index (χ1n) is 19.8. The molecule has 0 saturated heterocycles. The predicted octanol–water partition coefficient (Wildman–Crippen LogP) is 15.4. The summed E-state index contributed by atoms with van der Waals surface area (Å²) in [4.78, 5) is 0. The standard InChI is InChI=1S/C56H36/c1-2-13-49(50-31-27-44-25-23-40-7-4-9-42-29-33-52(50)56(44)54(40)42)47(12-1)46-11-5-10-45(34-46)37-16-14-35(15-17-37)36-18-20-38(21-19-36)48-30-26-43-24-22-39-6-3-8-41-28-32-51(48)55(43)53(39)41/h1-6,8-24,26-34H,7,25H2. The van der Waals surface area contributed by atoms with Gasteiger partial charge in [0.15, 0.2) is 0 Å². The van der Waals surface area contributed by atoms with E-state index in [9.17, 15) is 0 Å². The number of allylic oxidation sites excluding steroid dienone is 3. The fourth-order valence-electron chi connectivity index (χ4n) is 9.78. The van der Waals surface area contributed by atoms with Gasteiger partial charge in [-0.25, -0.2) is 0 Å². The molecule has 0 saturated carbocycles. The summed E-state index contributed by atoms with van der Waals surface area (Å²) in [5, 5.41) is 10.7. The average molecular weight is 709 g/mol. The highest BCUT2D eigenvalue weighted by Gasteiger charge is 2.22. The van der Waals surface area contributed by atoms with E-state index in [-0.39, 0.29) is 0 Å². The number of benzene rings is 10. The largest absolute Gasteiger partial charge is 0.0795 e. The van der Waals surface area contributed by atoms with E-state index in [4.69, 9.17) is 0 Å². The van der Waals surface area contributed by atoms with Crippen molar-refractivity contribution in [1.82, 2.24) is 0 Å². The van der Waals surface area contributed by atoms with Gasteiger partial charge in [0.05, 0.1) is 0 Å². The molecular formula is C56H36. The van der Waals surface area contributed by atoms with Gasteiger partial charge in [0.1, 0.15) is 0 Å². The smallest absolute Gasteiger partial charge is 0.00206 e. The van der Waals surface area contributed by atoms with Crippen LogP contribution in [0.1, 0.15) is 23.1 Å². The highest BCUT2D eigenvalue weighted by molar-refractivity contribution is 6.25. The number of hydrogen-bond acceptors (Lipinski definition) is 0. The van der Waals surface area contributed by atoms with Crippen LogP contribution in [0.4, 0.5) is 0 Å². The summed E-state index contributed by atoms with van der Waals surface area (Å²) in [6, 6.07) is 65.7. The fraction of sp³-hybridized carbons (Fsp3) is 0.0357. The van der Waals surface area contributed by atoms with Crippen molar-refractivity contribution in [3.63, 3.8) is 0 Å². The minimum absolute atomic E-state index is 1.01. The molecule has 0 aromatic heterocycles. The van der Waals surface area contributed by atoms with E-state index in [1.807, 2.05) is 0 Å². The van der Waals surface area contributed by atoms with E-state index in [0.717, 1.165) is 12.8 Å². The lowest BCUT2D eigenvalue weighted by Crippen LogP contribution is -2.03. The van der Waals surface area contributed by atoms with Gasteiger partial charge in [0.2, 0.25) is 0 Å². The van der Waals surface area contributed by atoms with Crippen molar-refractivity contribution in [2.24, 2.45) is 0 Å². The molecule has 0 bridgehead atoms. The molecule has 0 N–H and O–H groups in total. The summed E-state index contributed by atoms with van der Waals surface area (Å²) in [6.45, 7) is 0. The zero-order valence-electron chi connectivity index (χ0n) is 30.9. The quantitative estimate of drug-likeness (QED) is 0.156. The Hall–Kier alpha value is -7.02. The average Bonchev–Trinajstić information content (AvgIpc) is 3.27. The molecule has 0 unspecified atom stereocenters. The molecule has 0 atom stereocenters. The van der Waals surface area contributed by atoms with Crippen molar-refractivity contribution >= 4 is 54.7 Å². The second-order valence-electron chi connectivity index (χ2n) is 15.5. The van der Waals surface area contributed by atoms with Crippen LogP contribution in [-0.4, -0.2) is 0 Å². The summed E-state index contributed by atoms with van der Waals surface area (Å²) in [5.41, 5.74) is 18.2. The lowest BCUT2D eigenvalue weighted by Gasteiger charge is -2.25. The fourth-order valence-corrected chi connectivity index (χ4v) is 9.78. The molecular weight excluding hydrogens is 673 g/mol. The van der Waals surface area contributed by atoms with E-state index >= 15 is 0 Å². The van der Waals surface area contributed by atoms with Gasteiger partial charge in [-0.2, -0.15) is 0 Å². The number of rotatable bonds is 5. The third kappa shape index (κ3) is 4.79. The lowest BCUT2D eigenvalue weighted by atomic mass is 9.79. The first-order chi connectivity index (χ1) is 27.7. The molecule has 0 spiro atoms. The van der Waals surface area contributed by atoms with Crippen LogP contribution >= 0.6 is 0 Å². The highest BCUT2D eigenvalue weighted by Crippen LogP contribution is 2.45. The summed E-state index contributed by atoms with van der Waals surface area (Å²) in [7, 11) is 0. The maximum absolute atomic E-state index is 2.43. The molecule has 2 aliphatic rings. The van der Waals surface area contributed by atoms with Gasteiger partial charge in [0.25, 0.3) is 0 Å². The molecule has 10 aromatic carbocycles. The highest BCUT2D eigenvalue weighted by atomic mass is 14.3. The van der Waals surface area contributed by atoms with Crippen molar-refractivity contribution < 1.29 is 0 Å². The van der Waals surface area contributed by atoms with E-state index < -0.39 is 0 Å². The maximum atomic E-state index is 2.43. The topological polar surface area (TPSA) is 0 Å². The summed E-state index contributed by atoms with van der Waals surface area (Å²) in [6.07, 6.45) is 9.06. The number of hydrogen-bond donors (Lipinski definition) is 0. The Morgan fingerprint density at radius 3 is 1.75 bits per heavy atom. The first kappa shape index (κ1) is 31.3. The van der Waals surface area contributed by atoms with Gasteiger partial charge in [-0.15, -0.1) is 0 Å². The minimum atomic E-state index is 1.01. The summed E-state index contributed by atoms with van der Waals surface area (Å²) < 4.78 is 0. The van der Waals surface area contributed by atoms with Crippen LogP contribution in [-0.2, 0) is 6.42 Å². The first-order valence-corrected chi connectivity index (χ1v) is 19.8. The summed E-state index contributed by atoms with van der Waals surface area (Å²) >= 11 is 0. The normalized spacial score (nSPS) is 13.2. The molecule has 0 heteroatoms. The summed E-state index contributed by atoms with van der Waals surface area (Å²) in [5.74, 6) is 0. The Morgan fingerprint density at radius 2 is 0.946 bits per heavy atom. The van der Waals surface area contributed by atoms with E-state index in [2.05, 4.69) is 194 Å². The Labute approximate surface area is 326 Å². The van der Waals surface area contributed by atoms with Crippen LogP contribution in [0.25, 0.3) is 110 Å². The monoisotopic (exact) mass is 708 g/mol. The van der Waals surface area contributed by atoms with Gasteiger partial charge in [-0.05, 0) is 140 Å². The van der Waals surface area contributed by atoms with Crippen molar-refractivity contribution in [2.75, 3.05) is 0 Å². The van der Waals surface area contributed by atoms with Gasteiger partial charge >= 0.3 is 0 Å². The van der Waals surface area contributed by atoms with E-state index in [0.29, 0.717) is 0 Å². The lowest BCUT2D eigenvalue weighted by molar-refractivity contribution is 1.23. The third-order valence-corrected chi connectivity index (χ3v) is 12.5. The molecule has 0 aliphatic heterocycles. The molecule has 0 fully saturated rings. The molecule has 260 valence electrons. The van der Waals surface area contributed by atoms with Crippen molar-refractivity contribution in [3.8, 4) is 55.6 Å². The van der Waals surface area contributed by atoms with E-state index in [1.54, 1.807) is 0 Å². The van der Waals surface area contributed by atoms with E-state index in [1.165, 1.54) is 121 Å². The zero-order valence-corrected chi connectivity index (χ0v) is 30.9. The van der Waals surface area contributed by atoms with Crippen LogP contribution in [0, 0.1) is 0 Å². The SMILES string of the molecule is C1=Cc2ccc3c(-c4ccccc4-c4cccc(-c5ccc(-c6ccc(-c7ccc8ccc9cccc%10ccc7c8c9%10)cc6)cc5)c4)ccc4c3c2C(=CC4)C1. The molecule has 0 nitrogen and oxygen atoms in total. The maximum Gasteiger partial charge on any atom is -0.00206 e. The Morgan fingerprint density at radius 1 is 0.339 bits per heavy atom. The van der Waals surface area contributed by atoms with Crippen LogP contribution in [0.3, 0.4) is 0 Å². The van der Waals surface area contributed by atoms with Crippen molar-refractivity contribution in [1.29, 1.82) is 0 Å². The Bertz CT molecular complexity index is 3250. The molecule has 12 rings (SSSR count). The minimum Gasteiger partial charge on any atom is -0.0795 e. The molecule has 2 aliphatic carbocycles.